The SMILES string of the molecule is CCNC(=O)CNc1cc(C#N)cc(C)n1. The summed E-state index contributed by atoms with van der Waals surface area (Å²) < 4.78 is 0. The molecule has 0 aliphatic rings. The molecule has 16 heavy (non-hydrogen) atoms. The Bertz CT molecular complexity index is 422. The molecule has 0 unspecified atom stereocenters. The van der Waals surface area contributed by atoms with Gasteiger partial charge in [-0.25, -0.2) is 4.98 Å². The maximum absolute atomic E-state index is 11.2. The minimum Gasteiger partial charge on any atom is -0.361 e. The van der Waals surface area contributed by atoms with Gasteiger partial charge in [0.05, 0.1) is 18.2 Å². The molecule has 0 aliphatic carbocycles. The lowest BCUT2D eigenvalue weighted by Gasteiger charge is -2.06. The monoisotopic (exact) mass is 218 g/mol. The Hall–Kier alpha value is -2.09. The molecule has 0 fully saturated rings. The molecule has 0 spiro atoms. The average Bonchev–Trinajstić information content (AvgIpc) is 2.26. The number of carbonyl (C=O) groups excluding carboxylic acids is 1. The number of likely N-dealkylation sites (N-methyl/N-ethyl adjacent to an activating group) is 1. The summed E-state index contributed by atoms with van der Waals surface area (Å²) >= 11 is 0. The van der Waals surface area contributed by atoms with Crippen LogP contribution in [0.15, 0.2) is 12.1 Å². The van der Waals surface area contributed by atoms with Crippen LogP contribution in [0, 0.1) is 18.3 Å². The number of amides is 1. The number of rotatable bonds is 4. The van der Waals surface area contributed by atoms with E-state index >= 15 is 0 Å². The zero-order valence-electron chi connectivity index (χ0n) is 9.37. The predicted molar refractivity (Wildman–Crippen MR) is 60.9 cm³/mol. The average molecular weight is 218 g/mol. The summed E-state index contributed by atoms with van der Waals surface area (Å²) in [7, 11) is 0. The van der Waals surface area contributed by atoms with Gasteiger partial charge in [-0.2, -0.15) is 5.26 Å². The number of nitrogens with zero attached hydrogens (tertiary/aromatic N) is 2. The van der Waals surface area contributed by atoms with E-state index in [4.69, 9.17) is 5.26 Å². The number of anilines is 1. The summed E-state index contributed by atoms with van der Waals surface area (Å²) in [6.45, 7) is 4.43. The molecule has 1 aromatic heterocycles. The van der Waals surface area contributed by atoms with Crippen molar-refractivity contribution in [3.8, 4) is 6.07 Å². The van der Waals surface area contributed by atoms with Gasteiger partial charge in [0.25, 0.3) is 0 Å². The molecule has 1 rings (SSSR count). The lowest BCUT2D eigenvalue weighted by molar-refractivity contribution is -0.119. The van der Waals surface area contributed by atoms with Gasteiger partial charge in [-0.05, 0) is 26.0 Å². The molecule has 1 aromatic rings. The van der Waals surface area contributed by atoms with Gasteiger partial charge in [0.15, 0.2) is 0 Å². The Labute approximate surface area is 94.5 Å². The van der Waals surface area contributed by atoms with Crippen LogP contribution >= 0.6 is 0 Å². The normalized spacial score (nSPS) is 9.31. The molecule has 0 bridgehead atoms. The van der Waals surface area contributed by atoms with Gasteiger partial charge in [-0.1, -0.05) is 0 Å². The standard InChI is InChI=1S/C11H14N4O/c1-3-13-11(16)7-14-10-5-9(6-12)4-8(2)15-10/h4-5H,3,7H2,1-2H3,(H,13,16)(H,14,15). The first-order chi connectivity index (χ1) is 7.65. The number of aryl methyl sites for hydroxylation is 1. The first-order valence-electron chi connectivity index (χ1n) is 5.05. The second kappa shape index (κ2) is 5.71. The lowest BCUT2D eigenvalue weighted by Crippen LogP contribution is -2.29. The van der Waals surface area contributed by atoms with E-state index in [1.165, 1.54) is 0 Å². The fourth-order valence-electron chi connectivity index (χ4n) is 1.25. The quantitative estimate of drug-likeness (QED) is 0.784. The van der Waals surface area contributed by atoms with Crippen molar-refractivity contribution in [1.82, 2.24) is 10.3 Å². The third kappa shape index (κ3) is 3.58. The van der Waals surface area contributed by atoms with E-state index in [-0.39, 0.29) is 12.5 Å². The van der Waals surface area contributed by atoms with E-state index in [9.17, 15) is 4.79 Å². The molecule has 1 amide bonds. The van der Waals surface area contributed by atoms with Gasteiger partial charge < -0.3 is 10.6 Å². The summed E-state index contributed by atoms with van der Waals surface area (Å²) in [5.74, 6) is 0.451. The van der Waals surface area contributed by atoms with E-state index in [0.29, 0.717) is 17.9 Å². The summed E-state index contributed by atoms with van der Waals surface area (Å²) in [4.78, 5) is 15.4. The molecule has 5 nitrogen and oxygen atoms in total. The summed E-state index contributed by atoms with van der Waals surface area (Å²) in [6.07, 6.45) is 0. The number of aromatic nitrogens is 1. The Balaban J connectivity index is 2.64. The smallest absolute Gasteiger partial charge is 0.239 e. The van der Waals surface area contributed by atoms with Crippen molar-refractivity contribution in [2.24, 2.45) is 0 Å². The molecule has 84 valence electrons. The van der Waals surface area contributed by atoms with Crippen LogP contribution in [0.2, 0.25) is 0 Å². The van der Waals surface area contributed by atoms with Gasteiger partial charge >= 0.3 is 0 Å². The van der Waals surface area contributed by atoms with Crippen LogP contribution in [-0.4, -0.2) is 24.0 Å². The number of nitrogens with one attached hydrogen (secondary N) is 2. The molecule has 0 saturated heterocycles. The lowest BCUT2D eigenvalue weighted by atomic mass is 10.2. The van der Waals surface area contributed by atoms with Crippen LogP contribution in [0.5, 0.6) is 0 Å². The van der Waals surface area contributed by atoms with Gasteiger partial charge in [0.2, 0.25) is 5.91 Å². The third-order valence-corrected chi connectivity index (χ3v) is 1.89. The Morgan fingerprint density at radius 2 is 2.31 bits per heavy atom. The van der Waals surface area contributed by atoms with Crippen LogP contribution in [0.3, 0.4) is 0 Å². The van der Waals surface area contributed by atoms with Crippen molar-refractivity contribution in [2.75, 3.05) is 18.4 Å². The number of hydrogen-bond acceptors (Lipinski definition) is 4. The zero-order valence-corrected chi connectivity index (χ0v) is 9.37. The first-order valence-corrected chi connectivity index (χ1v) is 5.05. The summed E-state index contributed by atoms with van der Waals surface area (Å²) in [5.41, 5.74) is 1.28. The molecular weight excluding hydrogens is 204 g/mol. The Morgan fingerprint density at radius 3 is 2.94 bits per heavy atom. The highest BCUT2D eigenvalue weighted by Crippen LogP contribution is 2.08. The van der Waals surface area contributed by atoms with Crippen molar-refractivity contribution in [1.29, 1.82) is 5.26 Å². The second-order valence-electron chi connectivity index (χ2n) is 3.30. The van der Waals surface area contributed by atoms with E-state index in [2.05, 4.69) is 15.6 Å². The highest BCUT2D eigenvalue weighted by Gasteiger charge is 2.02. The molecule has 0 saturated carbocycles. The van der Waals surface area contributed by atoms with Crippen LogP contribution in [-0.2, 0) is 4.79 Å². The molecular formula is C11H14N4O. The molecule has 2 N–H and O–H groups in total. The number of hydrogen-bond donors (Lipinski definition) is 2. The minimum absolute atomic E-state index is 0.0932. The van der Waals surface area contributed by atoms with Crippen LogP contribution in [0.25, 0.3) is 0 Å². The molecule has 0 aromatic carbocycles. The van der Waals surface area contributed by atoms with E-state index < -0.39 is 0 Å². The van der Waals surface area contributed by atoms with Crippen LogP contribution in [0.4, 0.5) is 5.82 Å². The Morgan fingerprint density at radius 1 is 1.56 bits per heavy atom. The largest absolute Gasteiger partial charge is 0.361 e. The fraction of sp³-hybridized carbons (Fsp3) is 0.364. The van der Waals surface area contributed by atoms with E-state index in [1.807, 2.05) is 13.0 Å². The van der Waals surface area contributed by atoms with Gasteiger partial charge in [-0.3, -0.25) is 4.79 Å². The van der Waals surface area contributed by atoms with Crippen molar-refractivity contribution in [2.45, 2.75) is 13.8 Å². The molecule has 1 heterocycles. The summed E-state index contributed by atoms with van der Waals surface area (Å²) in [6, 6.07) is 5.35. The third-order valence-electron chi connectivity index (χ3n) is 1.89. The predicted octanol–water partition coefficient (Wildman–Crippen LogP) is 0.810. The highest BCUT2D eigenvalue weighted by molar-refractivity contribution is 5.80. The second-order valence-corrected chi connectivity index (χ2v) is 3.30. The first kappa shape index (κ1) is 12.0. The number of carbonyl (C=O) groups is 1. The van der Waals surface area contributed by atoms with Crippen molar-refractivity contribution in [3.05, 3.63) is 23.4 Å². The highest BCUT2D eigenvalue weighted by atomic mass is 16.1. The number of pyridine rings is 1. The van der Waals surface area contributed by atoms with Crippen molar-refractivity contribution in [3.63, 3.8) is 0 Å². The van der Waals surface area contributed by atoms with Crippen molar-refractivity contribution < 1.29 is 4.79 Å². The van der Waals surface area contributed by atoms with Crippen LogP contribution in [0.1, 0.15) is 18.2 Å². The van der Waals surface area contributed by atoms with Gasteiger partial charge in [0, 0.05) is 12.2 Å². The van der Waals surface area contributed by atoms with E-state index in [0.717, 1.165) is 5.69 Å². The maximum atomic E-state index is 11.2. The molecule has 0 aliphatic heterocycles. The Kier molecular flexibility index (Phi) is 4.28. The molecule has 0 radical (unpaired) electrons. The van der Waals surface area contributed by atoms with Gasteiger partial charge in [0.1, 0.15) is 5.82 Å². The maximum Gasteiger partial charge on any atom is 0.239 e. The van der Waals surface area contributed by atoms with Crippen molar-refractivity contribution >= 4 is 11.7 Å². The molecule has 0 atom stereocenters. The van der Waals surface area contributed by atoms with E-state index in [1.54, 1.807) is 19.1 Å². The zero-order chi connectivity index (χ0) is 12.0. The van der Waals surface area contributed by atoms with Gasteiger partial charge in [-0.15, -0.1) is 0 Å². The number of nitriles is 1. The minimum atomic E-state index is -0.0932. The topological polar surface area (TPSA) is 77.8 Å². The molecule has 5 heteroatoms. The summed E-state index contributed by atoms with van der Waals surface area (Å²) in [5, 5.41) is 14.3. The van der Waals surface area contributed by atoms with Crippen LogP contribution < -0.4 is 10.6 Å². The fourth-order valence-corrected chi connectivity index (χ4v) is 1.25.